The number of nitrogens with zero attached hydrogens (tertiary/aromatic N) is 1. The third kappa shape index (κ3) is 2.92. The Labute approximate surface area is 122 Å². The molecular formula is C16H13N3S. The Bertz CT molecular complexity index is 741. The van der Waals surface area contributed by atoms with E-state index in [-0.39, 0.29) is 0 Å². The summed E-state index contributed by atoms with van der Waals surface area (Å²) in [6.07, 6.45) is 1.72. The second-order valence-electron chi connectivity index (χ2n) is 4.36. The molecule has 20 heavy (non-hydrogen) atoms. The Balaban J connectivity index is 1.74. The van der Waals surface area contributed by atoms with Crippen molar-refractivity contribution in [3.05, 3.63) is 66.9 Å². The van der Waals surface area contributed by atoms with Crippen molar-refractivity contribution < 1.29 is 0 Å². The van der Waals surface area contributed by atoms with Crippen LogP contribution < -0.4 is 10.6 Å². The Kier molecular flexibility index (Phi) is 3.56. The first-order chi connectivity index (χ1) is 9.81. The van der Waals surface area contributed by atoms with Crippen molar-refractivity contribution in [2.75, 3.05) is 10.6 Å². The van der Waals surface area contributed by atoms with E-state index in [1.54, 1.807) is 6.20 Å². The molecule has 3 rings (SSSR count). The average Bonchev–Trinajstić information content (AvgIpc) is 2.48. The fraction of sp³-hybridized carbons (Fsp3) is 0. The predicted molar refractivity (Wildman–Crippen MR) is 88.0 cm³/mol. The van der Waals surface area contributed by atoms with E-state index in [2.05, 4.69) is 39.9 Å². The van der Waals surface area contributed by atoms with E-state index in [1.165, 1.54) is 10.8 Å². The molecule has 2 N–H and O–H groups in total. The molecule has 3 nitrogen and oxygen atoms in total. The molecule has 0 aliphatic heterocycles. The molecule has 2 aromatic carbocycles. The van der Waals surface area contributed by atoms with Crippen LogP contribution in [0.4, 0.5) is 11.5 Å². The largest absolute Gasteiger partial charge is 0.332 e. The van der Waals surface area contributed by atoms with Crippen molar-refractivity contribution >= 4 is 39.6 Å². The maximum absolute atomic E-state index is 5.28. The van der Waals surface area contributed by atoms with Crippen LogP contribution in [0.15, 0.2) is 66.9 Å². The van der Waals surface area contributed by atoms with E-state index >= 15 is 0 Å². The monoisotopic (exact) mass is 279 g/mol. The van der Waals surface area contributed by atoms with Crippen molar-refractivity contribution in [1.82, 2.24) is 4.98 Å². The van der Waals surface area contributed by atoms with Crippen LogP contribution in [-0.2, 0) is 0 Å². The van der Waals surface area contributed by atoms with Gasteiger partial charge in [-0.3, -0.25) is 0 Å². The Morgan fingerprint density at radius 1 is 0.850 bits per heavy atom. The van der Waals surface area contributed by atoms with Crippen LogP contribution >= 0.6 is 12.2 Å². The number of thiocarbonyl (C=S) groups is 1. The standard InChI is InChI=1S/C16H13N3S/c20-16(19-15-7-3-4-10-17-15)18-14-9-8-12-5-1-2-6-13(12)11-14/h1-11H,(H2,17,18,19,20). The van der Waals surface area contributed by atoms with Gasteiger partial charge >= 0.3 is 0 Å². The molecule has 4 heteroatoms. The summed E-state index contributed by atoms with van der Waals surface area (Å²) >= 11 is 5.28. The van der Waals surface area contributed by atoms with Gasteiger partial charge in [0, 0.05) is 11.9 Å². The van der Waals surface area contributed by atoms with Gasteiger partial charge in [-0.25, -0.2) is 4.98 Å². The second kappa shape index (κ2) is 5.67. The summed E-state index contributed by atoms with van der Waals surface area (Å²) in [7, 11) is 0. The summed E-state index contributed by atoms with van der Waals surface area (Å²) in [4.78, 5) is 4.17. The van der Waals surface area contributed by atoms with Gasteiger partial charge in [0.05, 0.1) is 0 Å². The van der Waals surface area contributed by atoms with Gasteiger partial charge in [0.25, 0.3) is 0 Å². The van der Waals surface area contributed by atoms with E-state index in [4.69, 9.17) is 12.2 Å². The zero-order chi connectivity index (χ0) is 13.8. The molecule has 1 heterocycles. The molecule has 0 fully saturated rings. The van der Waals surface area contributed by atoms with Crippen molar-refractivity contribution in [3.63, 3.8) is 0 Å². The molecule has 3 aromatic rings. The Morgan fingerprint density at radius 2 is 1.65 bits per heavy atom. The smallest absolute Gasteiger partial charge is 0.176 e. The van der Waals surface area contributed by atoms with Gasteiger partial charge in [0.1, 0.15) is 5.82 Å². The van der Waals surface area contributed by atoms with Crippen LogP contribution in [0.5, 0.6) is 0 Å². The molecule has 0 aliphatic rings. The summed E-state index contributed by atoms with van der Waals surface area (Å²) in [5.74, 6) is 0.728. The number of benzene rings is 2. The van der Waals surface area contributed by atoms with Crippen LogP contribution in [0.2, 0.25) is 0 Å². The number of hydrogen-bond acceptors (Lipinski definition) is 2. The van der Waals surface area contributed by atoms with Crippen LogP contribution in [0.25, 0.3) is 10.8 Å². The van der Waals surface area contributed by atoms with Gasteiger partial charge in [-0.2, -0.15) is 0 Å². The number of fused-ring (bicyclic) bond motifs is 1. The molecule has 0 spiro atoms. The van der Waals surface area contributed by atoms with Crippen LogP contribution in [0.3, 0.4) is 0 Å². The highest BCUT2D eigenvalue weighted by atomic mass is 32.1. The number of nitrogens with one attached hydrogen (secondary N) is 2. The second-order valence-corrected chi connectivity index (χ2v) is 4.76. The maximum Gasteiger partial charge on any atom is 0.176 e. The highest BCUT2D eigenvalue weighted by molar-refractivity contribution is 7.80. The molecule has 0 saturated carbocycles. The first-order valence-corrected chi connectivity index (χ1v) is 6.70. The summed E-state index contributed by atoms with van der Waals surface area (Å²) in [5.41, 5.74) is 0.956. The van der Waals surface area contributed by atoms with Gasteiger partial charge in [-0.1, -0.05) is 36.4 Å². The van der Waals surface area contributed by atoms with E-state index in [9.17, 15) is 0 Å². The Morgan fingerprint density at radius 3 is 2.45 bits per heavy atom. The summed E-state index contributed by atoms with van der Waals surface area (Å²) in [6.45, 7) is 0. The van der Waals surface area contributed by atoms with Crippen molar-refractivity contribution in [2.45, 2.75) is 0 Å². The minimum absolute atomic E-state index is 0.527. The Hall–Kier alpha value is -2.46. The number of pyridine rings is 1. The SMILES string of the molecule is S=C(Nc1ccc2ccccc2c1)Nc1ccccn1. The molecule has 0 bridgehead atoms. The molecule has 0 unspecified atom stereocenters. The zero-order valence-corrected chi connectivity index (χ0v) is 11.5. The van der Waals surface area contributed by atoms with Gasteiger partial charge in [-0.05, 0) is 47.3 Å². The molecule has 0 atom stereocenters. The number of anilines is 2. The van der Waals surface area contributed by atoms with Crippen LogP contribution in [0.1, 0.15) is 0 Å². The molecule has 0 aliphatic carbocycles. The maximum atomic E-state index is 5.28. The van der Waals surface area contributed by atoms with Crippen molar-refractivity contribution in [2.24, 2.45) is 0 Å². The zero-order valence-electron chi connectivity index (χ0n) is 10.7. The average molecular weight is 279 g/mol. The highest BCUT2D eigenvalue weighted by Crippen LogP contribution is 2.19. The van der Waals surface area contributed by atoms with Crippen LogP contribution in [-0.4, -0.2) is 10.1 Å². The van der Waals surface area contributed by atoms with Crippen molar-refractivity contribution in [3.8, 4) is 0 Å². The molecule has 0 radical (unpaired) electrons. The third-order valence-corrected chi connectivity index (χ3v) is 3.12. The molecule has 98 valence electrons. The van der Waals surface area contributed by atoms with E-state index in [1.807, 2.05) is 36.4 Å². The lowest BCUT2D eigenvalue weighted by atomic mass is 10.1. The lowest BCUT2D eigenvalue weighted by molar-refractivity contribution is 1.32. The van der Waals surface area contributed by atoms with E-state index in [0.717, 1.165) is 11.5 Å². The molecule has 1 aromatic heterocycles. The van der Waals surface area contributed by atoms with E-state index in [0.29, 0.717) is 5.11 Å². The topological polar surface area (TPSA) is 37.0 Å². The fourth-order valence-corrected chi connectivity index (χ4v) is 2.20. The van der Waals surface area contributed by atoms with Gasteiger partial charge in [0.15, 0.2) is 5.11 Å². The van der Waals surface area contributed by atoms with Gasteiger partial charge in [0.2, 0.25) is 0 Å². The predicted octanol–water partition coefficient (Wildman–Crippen LogP) is 4.04. The number of rotatable bonds is 2. The normalized spacial score (nSPS) is 10.2. The number of aromatic nitrogens is 1. The van der Waals surface area contributed by atoms with Crippen molar-refractivity contribution in [1.29, 1.82) is 0 Å². The fourth-order valence-electron chi connectivity index (χ4n) is 1.98. The molecule has 0 saturated heterocycles. The molecule has 0 amide bonds. The van der Waals surface area contributed by atoms with Gasteiger partial charge < -0.3 is 10.6 Å². The van der Waals surface area contributed by atoms with Gasteiger partial charge in [-0.15, -0.1) is 0 Å². The minimum Gasteiger partial charge on any atom is -0.332 e. The lowest BCUT2D eigenvalue weighted by Gasteiger charge is -2.10. The summed E-state index contributed by atoms with van der Waals surface area (Å²) < 4.78 is 0. The minimum atomic E-state index is 0.527. The lowest BCUT2D eigenvalue weighted by Crippen LogP contribution is -2.19. The number of hydrogen-bond donors (Lipinski definition) is 2. The first-order valence-electron chi connectivity index (χ1n) is 6.29. The van der Waals surface area contributed by atoms with E-state index < -0.39 is 0 Å². The third-order valence-electron chi connectivity index (χ3n) is 2.91. The quantitative estimate of drug-likeness (QED) is 0.694. The molecular weight excluding hydrogens is 266 g/mol. The summed E-state index contributed by atoms with van der Waals surface area (Å²) in [5, 5.41) is 9.13. The first kappa shape index (κ1) is 12.6. The highest BCUT2D eigenvalue weighted by Gasteiger charge is 2.00. The van der Waals surface area contributed by atoms with Crippen LogP contribution in [0, 0.1) is 0 Å². The summed E-state index contributed by atoms with van der Waals surface area (Å²) in [6, 6.07) is 20.0.